The van der Waals surface area contributed by atoms with E-state index >= 15 is 0 Å². The lowest BCUT2D eigenvalue weighted by Gasteiger charge is -2.11. The number of aliphatic hydroxyl groups excluding tert-OH is 1. The minimum atomic E-state index is -0.575. The van der Waals surface area contributed by atoms with E-state index in [1.807, 2.05) is 35.9 Å². The van der Waals surface area contributed by atoms with Crippen LogP contribution in [-0.2, 0) is 13.2 Å². The van der Waals surface area contributed by atoms with E-state index < -0.39 is 11.6 Å². The first kappa shape index (κ1) is 13.8. The lowest BCUT2D eigenvalue weighted by atomic mass is 10.1. The monoisotopic (exact) mass is 287 g/mol. The third kappa shape index (κ3) is 2.54. The Hall–Kier alpha value is -2.20. The third-order valence-electron chi connectivity index (χ3n) is 3.74. The van der Waals surface area contributed by atoms with E-state index in [0.29, 0.717) is 12.1 Å². The zero-order valence-corrected chi connectivity index (χ0v) is 11.6. The zero-order valence-electron chi connectivity index (χ0n) is 11.6. The normalized spacial score (nSPS) is 11.2. The van der Waals surface area contributed by atoms with Gasteiger partial charge in [0, 0.05) is 18.8 Å². The van der Waals surface area contributed by atoms with Crippen molar-refractivity contribution in [1.29, 1.82) is 0 Å². The molecule has 0 unspecified atom stereocenters. The number of halogens is 2. The van der Waals surface area contributed by atoms with Gasteiger partial charge < -0.3 is 9.67 Å². The van der Waals surface area contributed by atoms with Gasteiger partial charge in [0.05, 0.1) is 12.1 Å². The van der Waals surface area contributed by atoms with Gasteiger partial charge in [0.25, 0.3) is 0 Å². The standard InChI is InChI=1S/C17H15F2NO/c1-11-14(10-21)3-2-13-4-5-20(17(11)13)9-12-6-15(18)8-16(19)7-12/h2-8,21H,9-10H2,1H3. The van der Waals surface area contributed by atoms with E-state index in [4.69, 9.17) is 0 Å². The Kier molecular flexibility index (Phi) is 3.47. The second-order valence-electron chi connectivity index (χ2n) is 5.17. The maximum Gasteiger partial charge on any atom is 0.126 e. The number of rotatable bonds is 3. The van der Waals surface area contributed by atoms with Crippen molar-refractivity contribution in [1.82, 2.24) is 4.57 Å². The van der Waals surface area contributed by atoms with Crippen molar-refractivity contribution in [3.05, 3.63) is 70.9 Å². The number of benzene rings is 2. The fourth-order valence-electron chi connectivity index (χ4n) is 2.73. The van der Waals surface area contributed by atoms with Gasteiger partial charge in [0.15, 0.2) is 0 Å². The quantitative estimate of drug-likeness (QED) is 0.779. The van der Waals surface area contributed by atoms with Crippen LogP contribution in [0.4, 0.5) is 8.78 Å². The highest BCUT2D eigenvalue weighted by Gasteiger charge is 2.09. The summed E-state index contributed by atoms with van der Waals surface area (Å²) in [5, 5.41) is 10.4. The van der Waals surface area contributed by atoms with E-state index in [-0.39, 0.29) is 6.61 Å². The van der Waals surface area contributed by atoms with Crippen molar-refractivity contribution in [3.8, 4) is 0 Å². The van der Waals surface area contributed by atoms with Crippen LogP contribution in [0.3, 0.4) is 0 Å². The van der Waals surface area contributed by atoms with Crippen LogP contribution in [0, 0.1) is 18.6 Å². The summed E-state index contributed by atoms with van der Waals surface area (Å²) in [7, 11) is 0. The molecule has 108 valence electrons. The van der Waals surface area contributed by atoms with Gasteiger partial charge in [-0.25, -0.2) is 8.78 Å². The lowest BCUT2D eigenvalue weighted by Crippen LogP contribution is -2.01. The van der Waals surface area contributed by atoms with Crippen molar-refractivity contribution in [2.75, 3.05) is 0 Å². The van der Waals surface area contributed by atoms with Crippen molar-refractivity contribution >= 4 is 10.9 Å². The number of aliphatic hydroxyl groups is 1. The van der Waals surface area contributed by atoms with Gasteiger partial charge in [-0.05, 0) is 47.2 Å². The summed E-state index contributed by atoms with van der Waals surface area (Å²) in [6.07, 6.45) is 1.89. The van der Waals surface area contributed by atoms with E-state index in [2.05, 4.69) is 0 Å². The molecule has 0 saturated heterocycles. The molecule has 1 N–H and O–H groups in total. The van der Waals surface area contributed by atoms with Crippen LogP contribution in [0.15, 0.2) is 42.6 Å². The number of fused-ring (bicyclic) bond motifs is 1. The molecule has 0 saturated carbocycles. The van der Waals surface area contributed by atoms with Gasteiger partial charge in [-0.3, -0.25) is 0 Å². The van der Waals surface area contributed by atoms with Crippen LogP contribution in [0.25, 0.3) is 10.9 Å². The molecule has 1 heterocycles. The van der Waals surface area contributed by atoms with E-state index in [1.165, 1.54) is 12.1 Å². The van der Waals surface area contributed by atoms with Gasteiger partial charge in [-0.2, -0.15) is 0 Å². The molecule has 0 fully saturated rings. The van der Waals surface area contributed by atoms with Crippen LogP contribution in [0.5, 0.6) is 0 Å². The first-order valence-corrected chi connectivity index (χ1v) is 6.71. The fraction of sp³-hybridized carbons (Fsp3) is 0.176. The molecule has 0 bridgehead atoms. The molecule has 0 atom stereocenters. The summed E-state index contributed by atoms with van der Waals surface area (Å²) in [5.41, 5.74) is 3.38. The molecule has 3 aromatic rings. The van der Waals surface area contributed by atoms with Gasteiger partial charge in [0.1, 0.15) is 11.6 Å². The molecule has 2 nitrogen and oxygen atoms in total. The predicted molar refractivity (Wildman–Crippen MR) is 78.1 cm³/mol. The van der Waals surface area contributed by atoms with Crippen molar-refractivity contribution < 1.29 is 13.9 Å². The Labute approximate surface area is 121 Å². The summed E-state index contributed by atoms with van der Waals surface area (Å²) in [6, 6.07) is 9.33. The van der Waals surface area contributed by atoms with Crippen LogP contribution in [0.2, 0.25) is 0 Å². The van der Waals surface area contributed by atoms with Gasteiger partial charge in [0.2, 0.25) is 0 Å². The molecule has 0 amide bonds. The summed E-state index contributed by atoms with van der Waals surface area (Å²) < 4.78 is 28.5. The number of hydrogen-bond acceptors (Lipinski definition) is 1. The topological polar surface area (TPSA) is 25.2 Å². The maximum atomic E-state index is 13.3. The Balaban J connectivity index is 2.08. The molecule has 0 aliphatic heterocycles. The third-order valence-corrected chi connectivity index (χ3v) is 3.74. The average molecular weight is 287 g/mol. The summed E-state index contributed by atoms with van der Waals surface area (Å²) in [5.74, 6) is -1.15. The first-order valence-electron chi connectivity index (χ1n) is 6.71. The highest BCUT2D eigenvalue weighted by Crippen LogP contribution is 2.24. The number of aryl methyl sites for hydroxylation is 1. The molecule has 21 heavy (non-hydrogen) atoms. The molecule has 4 heteroatoms. The smallest absolute Gasteiger partial charge is 0.126 e. The molecule has 1 aromatic heterocycles. The van der Waals surface area contributed by atoms with Crippen LogP contribution < -0.4 is 0 Å². The molecule has 3 rings (SSSR count). The van der Waals surface area contributed by atoms with Crippen molar-refractivity contribution in [3.63, 3.8) is 0 Å². The minimum Gasteiger partial charge on any atom is -0.392 e. The summed E-state index contributed by atoms with van der Waals surface area (Å²) in [4.78, 5) is 0. The van der Waals surface area contributed by atoms with E-state index in [1.54, 1.807) is 0 Å². The zero-order chi connectivity index (χ0) is 15.0. The average Bonchev–Trinajstić information content (AvgIpc) is 2.82. The second kappa shape index (κ2) is 5.30. The number of hydrogen-bond donors (Lipinski definition) is 1. The molecule has 0 spiro atoms. The maximum absolute atomic E-state index is 13.3. The highest BCUT2D eigenvalue weighted by atomic mass is 19.1. The lowest BCUT2D eigenvalue weighted by molar-refractivity contribution is 0.281. The Morgan fingerprint density at radius 1 is 1.05 bits per heavy atom. The Bertz CT molecular complexity index is 788. The highest BCUT2D eigenvalue weighted by molar-refractivity contribution is 5.84. The Morgan fingerprint density at radius 2 is 1.76 bits per heavy atom. The van der Waals surface area contributed by atoms with E-state index in [9.17, 15) is 13.9 Å². The van der Waals surface area contributed by atoms with Gasteiger partial charge >= 0.3 is 0 Å². The van der Waals surface area contributed by atoms with Crippen LogP contribution >= 0.6 is 0 Å². The molecular formula is C17H15F2NO. The summed E-state index contributed by atoms with van der Waals surface area (Å²) in [6.45, 7) is 2.30. The SMILES string of the molecule is Cc1c(CO)ccc2ccn(Cc3cc(F)cc(F)c3)c12. The molecule has 0 aliphatic rings. The first-order chi connectivity index (χ1) is 10.1. The molecule has 0 aliphatic carbocycles. The van der Waals surface area contributed by atoms with Crippen LogP contribution in [-0.4, -0.2) is 9.67 Å². The van der Waals surface area contributed by atoms with Gasteiger partial charge in [-0.1, -0.05) is 12.1 Å². The minimum absolute atomic E-state index is 0.0262. The molecule has 2 aromatic carbocycles. The number of nitrogens with zero attached hydrogens (tertiary/aromatic N) is 1. The second-order valence-corrected chi connectivity index (χ2v) is 5.17. The predicted octanol–water partition coefficient (Wildman–Crippen LogP) is 3.77. The molecular weight excluding hydrogens is 272 g/mol. The van der Waals surface area contributed by atoms with Crippen molar-refractivity contribution in [2.45, 2.75) is 20.1 Å². The van der Waals surface area contributed by atoms with Gasteiger partial charge in [-0.15, -0.1) is 0 Å². The largest absolute Gasteiger partial charge is 0.392 e. The van der Waals surface area contributed by atoms with Crippen molar-refractivity contribution in [2.24, 2.45) is 0 Å². The number of aromatic nitrogens is 1. The van der Waals surface area contributed by atoms with Crippen LogP contribution in [0.1, 0.15) is 16.7 Å². The summed E-state index contributed by atoms with van der Waals surface area (Å²) >= 11 is 0. The Morgan fingerprint density at radius 3 is 2.43 bits per heavy atom. The molecule has 0 radical (unpaired) electrons. The fourth-order valence-corrected chi connectivity index (χ4v) is 2.73. The van der Waals surface area contributed by atoms with E-state index in [0.717, 1.165) is 28.1 Å².